The molecule has 0 bridgehead atoms. The van der Waals surface area contributed by atoms with E-state index in [2.05, 4.69) is 13.2 Å². The first kappa shape index (κ1) is 18.4. The Hall–Kier alpha value is -1.62. The lowest BCUT2D eigenvalue weighted by molar-refractivity contribution is -0.145. The molecule has 0 aliphatic heterocycles. The molecule has 0 aromatic rings. The fourth-order valence-electron chi connectivity index (χ4n) is 1.80. The summed E-state index contributed by atoms with van der Waals surface area (Å²) in [6.45, 7) is 13.4. The number of carbonyl (C=O) groups is 2. The maximum atomic E-state index is 12.2. The van der Waals surface area contributed by atoms with Crippen molar-refractivity contribution in [3.05, 3.63) is 25.3 Å². The van der Waals surface area contributed by atoms with E-state index >= 15 is 0 Å². The third kappa shape index (κ3) is 7.74. The molecule has 114 valence electrons. The molecule has 0 atom stereocenters. The maximum absolute atomic E-state index is 12.2. The van der Waals surface area contributed by atoms with Crippen LogP contribution in [0, 0.1) is 0 Å². The van der Waals surface area contributed by atoms with Crippen molar-refractivity contribution in [3.63, 3.8) is 0 Å². The number of hydrogen-bond acceptors (Lipinski definition) is 4. The molecule has 0 N–H and O–H groups in total. The van der Waals surface area contributed by atoms with Gasteiger partial charge in [0.25, 0.3) is 0 Å². The monoisotopic (exact) mass is 282 g/mol. The summed E-state index contributed by atoms with van der Waals surface area (Å²) in [6, 6.07) is 0. The molecule has 0 aliphatic carbocycles. The van der Waals surface area contributed by atoms with E-state index < -0.39 is 0 Å². The summed E-state index contributed by atoms with van der Waals surface area (Å²) in [7, 11) is 0. The second-order valence-electron chi connectivity index (χ2n) is 4.39. The first-order valence-electron chi connectivity index (χ1n) is 6.96. The highest BCUT2D eigenvalue weighted by molar-refractivity contribution is 5.79. The normalized spacial score (nSPS) is 10.2. The molecule has 0 aromatic heterocycles. The van der Waals surface area contributed by atoms with Crippen LogP contribution in [0.4, 0.5) is 0 Å². The van der Waals surface area contributed by atoms with Crippen molar-refractivity contribution in [2.45, 2.75) is 20.3 Å². The first-order chi connectivity index (χ1) is 9.58. The second kappa shape index (κ2) is 11.2. The van der Waals surface area contributed by atoms with E-state index in [0.29, 0.717) is 26.2 Å². The molecule has 0 saturated heterocycles. The third-order valence-electron chi connectivity index (χ3n) is 2.61. The number of amides is 1. The standard InChI is InChI=1S/C15H26N2O3/c1-5-9-16(13-15(19)20-8-4)12-14(18)17(10-6-2)11-7-3/h6-7H,2-3,5,8-13H2,1,4H3. The third-order valence-corrected chi connectivity index (χ3v) is 2.61. The van der Waals surface area contributed by atoms with Crippen LogP contribution < -0.4 is 0 Å². The minimum absolute atomic E-state index is 0.0393. The molecule has 5 nitrogen and oxygen atoms in total. The Kier molecular flexibility index (Phi) is 10.3. The minimum Gasteiger partial charge on any atom is -0.465 e. The van der Waals surface area contributed by atoms with Crippen LogP contribution in [-0.2, 0) is 14.3 Å². The van der Waals surface area contributed by atoms with E-state index in [4.69, 9.17) is 4.74 Å². The van der Waals surface area contributed by atoms with Gasteiger partial charge in [-0.05, 0) is 19.9 Å². The molecule has 0 radical (unpaired) electrons. The van der Waals surface area contributed by atoms with Gasteiger partial charge in [0.1, 0.15) is 0 Å². The molecule has 0 unspecified atom stereocenters. The Balaban J connectivity index is 4.53. The number of nitrogens with zero attached hydrogens (tertiary/aromatic N) is 2. The van der Waals surface area contributed by atoms with Gasteiger partial charge in [-0.25, -0.2) is 0 Å². The smallest absolute Gasteiger partial charge is 0.320 e. The zero-order valence-corrected chi connectivity index (χ0v) is 12.6. The van der Waals surface area contributed by atoms with Gasteiger partial charge in [0.05, 0.1) is 19.7 Å². The highest BCUT2D eigenvalue weighted by atomic mass is 16.5. The minimum atomic E-state index is -0.298. The highest BCUT2D eigenvalue weighted by Crippen LogP contribution is 1.98. The van der Waals surface area contributed by atoms with Crippen molar-refractivity contribution in [2.24, 2.45) is 0 Å². The summed E-state index contributed by atoms with van der Waals surface area (Å²) in [5.74, 6) is -0.338. The molecule has 20 heavy (non-hydrogen) atoms. The number of esters is 1. The Bertz CT molecular complexity index is 319. The molecular weight excluding hydrogens is 256 g/mol. The van der Waals surface area contributed by atoms with E-state index in [9.17, 15) is 9.59 Å². The van der Waals surface area contributed by atoms with Crippen LogP contribution in [0.3, 0.4) is 0 Å². The fourth-order valence-corrected chi connectivity index (χ4v) is 1.80. The van der Waals surface area contributed by atoms with Gasteiger partial charge in [-0.3, -0.25) is 14.5 Å². The van der Waals surface area contributed by atoms with Gasteiger partial charge in [-0.15, -0.1) is 13.2 Å². The maximum Gasteiger partial charge on any atom is 0.320 e. The average Bonchev–Trinajstić information content (AvgIpc) is 2.38. The van der Waals surface area contributed by atoms with E-state index in [1.54, 1.807) is 28.9 Å². The molecule has 0 fully saturated rings. The molecule has 1 amide bonds. The van der Waals surface area contributed by atoms with Gasteiger partial charge in [0.15, 0.2) is 0 Å². The van der Waals surface area contributed by atoms with E-state index in [-0.39, 0.29) is 25.0 Å². The molecule has 0 heterocycles. The topological polar surface area (TPSA) is 49.9 Å². The molecular formula is C15H26N2O3. The number of ether oxygens (including phenoxy) is 1. The van der Waals surface area contributed by atoms with Crippen molar-refractivity contribution >= 4 is 11.9 Å². The molecule has 5 heteroatoms. The summed E-state index contributed by atoms with van der Waals surface area (Å²) in [6.07, 6.45) is 4.23. The lowest BCUT2D eigenvalue weighted by atomic mass is 10.3. The SMILES string of the molecule is C=CCN(CC=C)C(=O)CN(CCC)CC(=O)OCC. The van der Waals surface area contributed by atoms with Gasteiger partial charge < -0.3 is 9.64 Å². The number of hydrogen-bond donors (Lipinski definition) is 0. The van der Waals surface area contributed by atoms with Crippen molar-refractivity contribution in [1.82, 2.24) is 9.80 Å². The highest BCUT2D eigenvalue weighted by Gasteiger charge is 2.18. The lowest BCUT2D eigenvalue weighted by Crippen LogP contribution is -2.43. The summed E-state index contributed by atoms with van der Waals surface area (Å²) >= 11 is 0. The van der Waals surface area contributed by atoms with Crippen molar-refractivity contribution in [2.75, 3.05) is 39.3 Å². The molecule has 0 aromatic carbocycles. The Morgan fingerprint density at radius 2 is 1.70 bits per heavy atom. The lowest BCUT2D eigenvalue weighted by Gasteiger charge is -2.25. The van der Waals surface area contributed by atoms with Gasteiger partial charge in [-0.2, -0.15) is 0 Å². The molecule has 0 rings (SSSR count). The van der Waals surface area contributed by atoms with Crippen LogP contribution in [0.15, 0.2) is 25.3 Å². The van der Waals surface area contributed by atoms with Crippen LogP contribution in [0.1, 0.15) is 20.3 Å². The predicted molar refractivity (Wildman–Crippen MR) is 80.3 cm³/mol. The van der Waals surface area contributed by atoms with Crippen LogP contribution in [0.5, 0.6) is 0 Å². The van der Waals surface area contributed by atoms with E-state index in [1.165, 1.54) is 0 Å². The zero-order chi connectivity index (χ0) is 15.4. The Morgan fingerprint density at radius 1 is 1.10 bits per heavy atom. The number of carbonyl (C=O) groups excluding carboxylic acids is 2. The average molecular weight is 282 g/mol. The van der Waals surface area contributed by atoms with Crippen LogP contribution in [0.25, 0.3) is 0 Å². The van der Waals surface area contributed by atoms with Gasteiger partial charge in [-0.1, -0.05) is 19.1 Å². The summed E-state index contributed by atoms with van der Waals surface area (Å²) in [4.78, 5) is 27.1. The van der Waals surface area contributed by atoms with Gasteiger partial charge >= 0.3 is 5.97 Å². The quantitative estimate of drug-likeness (QED) is 0.425. The van der Waals surface area contributed by atoms with Gasteiger partial charge in [0, 0.05) is 13.1 Å². The van der Waals surface area contributed by atoms with E-state index in [1.807, 2.05) is 6.92 Å². The fraction of sp³-hybridized carbons (Fsp3) is 0.600. The van der Waals surface area contributed by atoms with Crippen LogP contribution in [0.2, 0.25) is 0 Å². The number of rotatable bonds is 11. The van der Waals surface area contributed by atoms with Crippen LogP contribution in [-0.4, -0.2) is 61.0 Å². The summed E-state index contributed by atoms with van der Waals surface area (Å²) < 4.78 is 4.92. The first-order valence-corrected chi connectivity index (χ1v) is 6.96. The Morgan fingerprint density at radius 3 is 2.15 bits per heavy atom. The van der Waals surface area contributed by atoms with E-state index in [0.717, 1.165) is 6.42 Å². The zero-order valence-electron chi connectivity index (χ0n) is 12.6. The summed E-state index contributed by atoms with van der Waals surface area (Å²) in [5.41, 5.74) is 0. The molecule has 0 spiro atoms. The molecule has 0 aliphatic rings. The van der Waals surface area contributed by atoms with Crippen molar-refractivity contribution in [1.29, 1.82) is 0 Å². The van der Waals surface area contributed by atoms with Crippen molar-refractivity contribution < 1.29 is 14.3 Å². The summed E-state index contributed by atoms with van der Waals surface area (Å²) in [5, 5.41) is 0. The van der Waals surface area contributed by atoms with Crippen LogP contribution >= 0.6 is 0 Å². The molecule has 0 saturated carbocycles. The van der Waals surface area contributed by atoms with Crippen molar-refractivity contribution in [3.8, 4) is 0 Å². The Labute approximate surface area is 121 Å². The predicted octanol–water partition coefficient (Wildman–Crippen LogP) is 1.46. The van der Waals surface area contributed by atoms with Gasteiger partial charge in [0.2, 0.25) is 5.91 Å². The largest absolute Gasteiger partial charge is 0.465 e. The second-order valence-corrected chi connectivity index (χ2v) is 4.39.